The molecule has 0 aliphatic heterocycles. The van der Waals surface area contributed by atoms with Crippen molar-refractivity contribution in [1.29, 1.82) is 0 Å². The molecule has 0 aromatic carbocycles. The normalized spacial score (nSPS) is 31.1. The molecule has 1 unspecified atom stereocenters. The Hall–Kier alpha value is -0.660. The van der Waals surface area contributed by atoms with Gasteiger partial charge in [0.1, 0.15) is 11.6 Å². The summed E-state index contributed by atoms with van der Waals surface area (Å²) in [6, 6.07) is 0. The zero-order chi connectivity index (χ0) is 11.1. The van der Waals surface area contributed by atoms with E-state index < -0.39 is 0 Å². The molecule has 0 radical (unpaired) electrons. The predicted molar refractivity (Wildman–Crippen MR) is 58.5 cm³/mol. The van der Waals surface area contributed by atoms with Crippen molar-refractivity contribution >= 4 is 11.6 Å². The lowest BCUT2D eigenvalue weighted by molar-refractivity contribution is -0.138. The van der Waals surface area contributed by atoms with Crippen LogP contribution in [0.4, 0.5) is 0 Å². The number of ketones is 2. The summed E-state index contributed by atoms with van der Waals surface area (Å²) in [5, 5.41) is 0. The fourth-order valence-corrected chi connectivity index (χ4v) is 2.57. The van der Waals surface area contributed by atoms with Crippen LogP contribution in [-0.4, -0.2) is 11.6 Å². The fourth-order valence-electron chi connectivity index (χ4n) is 2.57. The molecule has 0 heterocycles. The Morgan fingerprint density at radius 2 is 1.87 bits per heavy atom. The molecule has 2 saturated carbocycles. The van der Waals surface area contributed by atoms with Crippen molar-refractivity contribution in [3.8, 4) is 0 Å². The summed E-state index contributed by atoms with van der Waals surface area (Å²) >= 11 is 0. The van der Waals surface area contributed by atoms with Gasteiger partial charge in [-0.2, -0.15) is 0 Å². The molecular formula is C13H20O2. The lowest BCUT2D eigenvalue weighted by Gasteiger charge is -2.24. The molecule has 0 amide bonds. The molecule has 1 atom stereocenters. The first kappa shape index (κ1) is 10.8. The molecule has 2 rings (SSSR count). The average Bonchev–Trinajstić information content (AvgIpc) is 2.98. The standard InChI is InChI=1S/C13H20O2/c1-13(2)8-4-3-5-10(12(13)15)11(14)9-6-7-9/h9-10H,3-8H2,1-2H3. The quantitative estimate of drug-likeness (QED) is 0.516. The third-order valence-corrected chi connectivity index (χ3v) is 3.85. The number of carbonyl (C=O) groups excluding carboxylic acids is 2. The molecule has 0 bridgehead atoms. The highest BCUT2D eigenvalue weighted by molar-refractivity contribution is 6.06. The minimum absolute atomic E-state index is 0.205. The van der Waals surface area contributed by atoms with Gasteiger partial charge in [-0.05, 0) is 25.7 Å². The van der Waals surface area contributed by atoms with Crippen molar-refractivity contribution in [3.63, 3.8) is 0 Å². The lowest BCUT2D eigenvalue weighted by atomic mass is 9.78. The Labute approximate surface area is 91.4 Å². The fraction of sp³-hybridized carbons (Fsp3) is 0.846. The smallest absolute Gasteiger partial charge is 0.148 e. The average molecular weight is 208 g/mol. The number of Topliss-reactive ketones (excluding diaryl/α,β-unsaturated/α-hetero) is 2. The van der Waals surface area contributed by atoms with Crippen LogP contribution < -0.4 is 0 Å². The minimum atomic E-state index is -0.272. The van der Waals surface area contributed by atoms with Gasteiger partial charge in [0.05, 0.1) is 5.92 Å². The van der Waals surface area contributed by atoms with E-state index in [-0.39, 0.29) is 28.8 Å². The first-order valence-corrected chi connectivity index (χ1v) is 6.10. The van der Waals surface area contributed by atoms with Crippen LogP contribution >= 0.6 is 0 Å². The van der Waals surface area contributed by atoms with Crippen LogP contribution in [0.1, 0.15) is 52.4 Å². The number of hydrogen-bond donors (Lipinski definition) is 0. The van der Waals surface area contributed by atoms with Gasteiger partial charge in [-0.1, -0.05) is 26.7 Å². The molecule has 0 saturated heterocycles. The second kappa shape index (κ2) is 3.73. The largest absolute Gasteiger partial charge is 0.299 e. The van der Waals surface area contributed by atoms with Crippen LogP contribution in [0, 0.1) is 17.3 Å². The van der Waals surface area contributed by atoms with Gasteiger partial charge >= 0.3 is 0 Å². The van der Waals surface area contributed by atoms with Gasteiger partial charge in [0.2, 0.25) is 0 Å². The predicted octanol–water partition coefficient (Wildman–Crippen LogP) is 2.75. The lowest BCUT2D eigenvalue weighted by Crippen LogP contribution is -2.34. The van der Waals surface area contributed by atoms with E-state index in [9.17, 15) is 9.59 Å². The first-order valence-electron chi connectivity index (χ1n) is 6.10. The van der Waals surface area contributed by atoms with E-state index in [0.29, 0.717) is 0 Å². The monoisotopic (exact) mass is 208 g/mol. The van der Waals surface area contributed by atoms with Crippen LogP contribution in [0.15, 0.2) is 0 Å². The number of hydrogen-bond acceptors (Lipinski definition) is 2. The summed E-state index contributed by atoms with van der Waals surface area (Å²) in [6.07, 6.45) is 5.91. The maximum absolute atomic E-state index is 12.2. The summed E-state index contributed by atoms with van der Waals surface area (Å²) in [4.78, 5) is 24.2. The van der Waals surface area contributed by atoms with Crippen molar-refractivity contribution in [2.45, 2.75) is 52.4 Å². The van der Waals surface area contributed by atoms with Gasteiger partial charge in [0.25, 0.3) is 0 Å². The van der Waals surface area contributed by atoms with E-state index in [1.165, 1.54) is 0 Å². The number of carbonyl (C=O) groups is 2. The Bertz CT molecular complexity index is 287. The van der Waals surface area contributed by atoms with Gasteiger partial charge in [-0.25, -0.2) is 0 Å². The summed E-state index contributed by atoms with van der Waals surface area (Å²) in [7, 11) is 0. The molecule has 2 fully saturated rings. The SMILES string of the molecule is CC1(C)CCCCC(C(=O)C2CC2)C1=O. The molecule has 0 N–H and O–H groups in total. The zero-order valence-corrected chi connectivity index (χ0v) is 9.71. The molecule has 2 heteroatoms. The molecule has 2 aliphatic carbocycles. The molecule has 15 heavy (non-hydrogen) atoms. The van der Waals surface area contributed by atoms with Crippen molar-refractivity contribution in [2.75, 3.05) is 0 Å². The second-order valence-corrected chi connectivity index (χ2v) is 5.72. The highest BCUT2D eigenvalue weighted by Gasteiger charge is 2.43. The van der Waals surface area contributed by atoms with Crippen molar-refractivity contribution < 1.29 is 9.59 Å². The summed E-state index contributed by atoms with van der Waals surface area (Å²) in [5.74, 6) is 0.412. The van der Waals surface area contributed by atoms with E-state index in [2.05, 4.69) is 0 Å². The summed E-state index contributed by atoms with van der Waals surface area (Å²) < 4.78 is 0. The highest BCUT2D eigenvalue weighted by Crippen LogP contribution is 2.39. The second-order valence-electron chi connectivity index (χ2n) is 5.72. The van der Waals surface area contributed by atoms with E-state index in [0.717, 1.165) is 38.5 Å². The molecule has 0 spiro atoms. The molecule has 84 valence electrons. The van der Waals surface area contributed by atoms with Gasteiger partial charge < -0.3 is 0 Å². The van der Waals surface area contributed by atoms with E-state index in [4.69, 9.17) is 0 Å². The number of rotatable bonds is 2. The Morgan fingerprint density at radius 3 is 2.47 bits per heavy atom. The van der Waals surface area contributed by atoms with Crippen molar-refractivity contribution in [1.82, 2.24) is 0 Å². The summed E-state index contributed by atoms with van der Waals surface area (Å²) in [5.41, 5.74) is -0.272. The Balaban J connectivity index is 2.14. The van der Waals surface area contributed by atoms with E-state index in [1.807, 2.05) is 13.8 Å². The Kier molecular flexibility index (Phi) is 2.70. The minimum Gasteiger partial charge on any atom is -0.299 e. The zero-order valence-electron chi connectivity index (χ0n) is 9.71. The third kappa shape index (κ3) is 2.14. The molecule has 2 nitrogen and oxygen atoms in total. The van der Waals surface area contributed by atoms with Crippen LogP contribution in [0.25, 0.3) is 0 Å². The molecule has 0 aromatic heterocycles. The molecule has 0 aromatic rings. The molecular weight excluding hydrogens is 188 g/mol. The Morgan fingerprint density at radius 1 is 1.20 bits per heavy atom. The highest BCUT2D eigenvalue weighted by atomic mass is 16.2. The van der Waals surface area contributed by atoms with Crippen LogP contribution in [-0.2, 0) is 9.59 Å². The van der Waals surface area contributed by atoms with Gasteiger partial charge in [-0.15, -0.1) is 0 Å². The first-order chi connectivity index (χ1) is 7.02. The van der Waals surface area contributed by atoms with Crippen LogP contribution in [0.2, 0.25) is 0 Å². The topological polar surface area (TPSA) is 34.1 Å². The van der Waals surface area contributed by atoms with Gasteiger partial charge in [-0.3, -0.25) is 9.59 Å². The van der Waals surface area contributed by atoms with Crippen LogP contribution in [0.3, 0.4) is 0 Å². The third-order valence-electron chi connectivity index (χ3n) is 3.85. The van der Waals surface area contributed by atoms with Crippen molar-refractivity contribution in [3.05, 3.63) is 0 Å². The maximum Gasteiger partial charge on any atom is 0.148 e. The van der Waals surface area contributed by atoms with Crippen LogP contribution in [0.5, 0.6) is 0 Å². The summed E-state index contributed by atoms with van der Waals surface area (Å²) in [6.45, 7) is 3.99. The van der Waals surface area contributed by atoms with E-state index in [1.54, 1.807) is 0 Å². The maximum atomic E-state index is 12.2. The van der Waals surface area contributed by atoms with Gasteiger partial charge in [0, 0.05) is 11.3 Å². The van der Waals surface area contributed by atoms with Gasteiger partial charge in [0.15, 0.2) is 0 Å². The molecule has 2 aliphatic rings. The van der Waals surface area contributed by atoms with Crippen molar-refractivity contribution in [2.24, 2.45) is 17.3 Å². The van der Waals surface area contributed by atoms with E-state index >= 15 is 0 Å².